The van der Waals surface area contributed by atoms with E-state index in [1.54, 1.807) is 12.1 Å². The zero-order chi connectivity index (χ0) is 17.6. The SMILES string of the molecule is CC(CO)(CO)N1C(=O)c2cccc3cc([NH+]([O-])O)cc(c23)C1=O. The first-order valence-electron chi connectivity index (χ1n) is 7.25. The number of hydrogen-bond acceptors (Lipinski definition) is 6. The van der Waals surface area contributed by atoms with E-state index < -0.39 is 35.8 Å². The number of carbonyl (C=O) groups excluding carboxylic acids is 2. The third-order valence-electron chi connectivity index (χ3n) is 4.31. The van der Waals surface area contributed by atoms with Crippen molar-refractivity contribution in [1.29, 1.82) is 0 Å². The number of carbonyl (C=O) groups is 2. The Hall–Kier alpha value is -2.36. The van der Waals surface area contributed by atoms with Crippen molar-refractivity contribution >= 4 is 28.3 Å². The zero-order valence-corrected chi connectivity index (χ0v) is 12.8. The normalized spacial score (nSPS) is 16.0. The molecule has 0 radical (unpaired) electrons. The number of rotatable bonds is 4. The second-order valence-electron chi connectivity index (χ2n) is 5.99. The summed E-state index contributed by atoms with van der Waals surface area (Å²) in [5, 5.41) is 39.3. The Bertz CT molecular complexity index is 844. The van der Waals surface area contributed by atoms with Crippen molar-refractivity contribution in [3.63, 3.8) is 0 Å². The van der Waals surface area contributed by atoms with E-state index in [1.807, 2.05) is 0 Å². The van der Waals surface area contributed by atoms with Gasteiger partial charge in [0.05, 0.1) is 24.3 Å². The number of imide groups is 1. The van der Waals surface area contributed by atoms with Crippen LogP contribution in [0.3, 0.4) is 0 Å². The van der Waals surface area contributed by atoms with Crippen molar-refractivity contribution in [2.75, 3.05) is 13.2 Å². The molecule has 0 saturated heterocycles. The Labute approximate surface area is 136 Å². The van der Waals surface area contributed by atoms with Crippen LogP contribution in [0, 0.1) is 5.21 Å². The molecule has 0 fully saturated rings. The highest BCUT2D eigenvalue weighted by atomic mass is 16.8. The van der Waals surface area contributed by atoms with Crippen molar-refractivity contribution in [2.24, 2.45) is 0 Å². The lowest BCUT2D eigenvalue weighted by atomic mass is 9.89. The molecule has 1 unspecified atom stereocenters. The molecule has 8 heteroatoms. The molecular formula is C16H16N2O6. The smallest absolute Gasteiger partial charge is 0.262 e. The fraction of sp³-hybridized carbons (Fsp3) is 0.250. The summed E-state index contributed by atoms with van der Waals surface area (Å²) < 4.78 is 0. The Kier molecular flexibility index (Phi) is 3.86. The van der Waals surface area contributed by atoms with Crippen LogP contribution < -0.4 is 5.23 Å². The first-order valence-corrected chi connectivity index (χ1v) is 7.25. The molecule has 1 aliphatic heterocycles. The zero-order valence-electron chi connectivity index (χ0n) is 12.8. The summed E-state index contributed by atoms with van der Waals surface area (Å²) in [4.78, 5) is 26.4. The predicted octanol–water partition coefficient (Wildman–Crippen LogP) is -0.417. The van der Waals surface area contributed by atoms with Crippen LogP contribution in [0.4, 0.5) is 5.69 Å². The summed E-state index contributed by atoms with van der Waals surface area (Å²) in [6, 6.07) is 7.36. The van der Waals surface area contributed by atoms with Crippen LogP contribution in [0.5, 0.6) is 0 Å². The number of hydrogen-bond donors (Lipinski definition) is 4. The van der Waals surface area contributed by atoms with Crippen LogP contribution in [0.2, 0.25) is 0 Å². The molecule has 0 saturated carbocycles. The van der Waals surface area contributed by atoms with Crippen LogP contribution in [0.25, 0.3) is 10.8 Å². The van der Waals surface area contributed by atoms with Crippen LogP contribution in [0.15, 0.2) is 30.3 Å². The van der Waals surface area contributed by atoms with Crippen molar-refractivity contribution in [3.8, 4) is 0 Å². The molecular weight excluding hydrogens is 316 g/mol. The van der Waals surface area contributed by atoms with E-state index in [1.165, 1.54) is 25.1 Å². The lowest BCUT2D eigenvalue weighted by Gasteiger charge is -2.39. The van der Waals surface area contributed by atoms with Gasteiger partial charge in [-0.05, 0) is 18.4 Å². The minimum atomic E-state index is -1.49. The van der Waals surface area contributed by atoms with Crippen LogP contribution in [0.1, 0.15) is 27.6 Å². The molecule has 1 heterocycles. The Morgan fingerprint density at radius 2 is 1.75 bits per heavy atom. The van der Waals surface area contributed by atoms with E-state index in [9.17, 15) is 30.2 Å². The van der Waals surface area contributed by atoms with Gasteiger partial charge >= 0.3 is 0 Å². The fourth-order valence-electron chi connectivity index (χ4n) is 2.91. The van der Waals surface area contributed by atoms with Gasteiger partial charge in [0.1, 0.15) is 0 Å². The number of nitrogens with one attached hydrogen (secondary N) is 1. The summed E-state index contributed by atoms with van der Waals surface area (Å²) >= 11 is 0. The van der Waals surface area contributed by atoms with E-state index in [0.29, 0.717) is 10.8 Å². The van der Waals surface area contributed by atoms with Crippen molar-refractivity contribution in [2.45, 2.75) is 12.5 Å². The molecule has 3 rings (SSSR count). The van der Waals surface area contributed by atoms with Crippen LogP contribution >= 0.6 is 0 Å². The number of quaternary nitrogens is 1. The van der Waals surface area contributed by atoms with Crippen LogP contribution in [-0.4, -0.2) is 50.9 Å². The topological polar surface area (TPSA) is 126 Å². The highest BCUT2D eigenvalue weighted by Crippen LogP contribution is 2.34. The second kappa shape index (κ2) is 5.62. The summed E-state index contributed by atoms with van der Waals surface area (Å²) in [5.74, 6) is -1.37. The molecule has 24 heavy (non-hydrogen) atoms. The number of aliphatic hydroxyl groups is 2. The van der Waals surface area contributed by atoms with E-state index in [0.717, 1.165) is 4.90 Å². The first kappa shape index (κ1) is 16.5. The highest BCUT2D eigenvalue weighted by molar-refractivity contribution is 6.26. The molecule has 4 N–H and O–H groups in total. The van der Waals surface area contributed by atoms with Crippen molar-refractivity contribution in [1.82, 2.24) is 4.90 Å². The summed E-state index contributed by atoms with van der Waals surface area (Å²) in [6.45, 7) is 0.144. The maximum absolute atomic E-state index is 12.8. The third kappa shape index (κ3) is 2.20. The van der Waals surface area contributed by atoms with E-state index in [-0.39, 0.29) is 16.8 Å². The molecule has 1 atom stereocenters. The van der Waals surface area contributed by atoms with Crippen molar-refractivity contribution < 1.29 is 30.2 Å². The molecule has 0 aliphatic carbocycles. The maximum Gasteiger partial charge on any atom is 0.262 e. The Morgan fingerprint density at radius 3 is 2.33 bits per heavy atom. The maximum atomic E-state index is 12.8. The number of nitrogens with zero attached hydrogens (tertiary/aromatic N) is 1. The number of benzene rings is 2. The lowest BCUT2D eigenvalue weighted by molar-refractivity contribution is -0.991. The first-order chi connectivity index (χ1) is 11.3. The van der Waals surface area contributed by atoms with Gasteiger partial charge in [-0.2, -0.15) is 5.23 Å². The van der Waals surface area contributed by atoms with Gasteiger partial charge in [0.15, 0.2) is 5.69 Å². The standard InChI is InChI=1S/C16H16N2O6/c1-16(7-19,8-20)17-14(21)11-4-2-3-9-5-10(18(23)24)6-12(13(9)11)15(17)22/h2-6,18-20,23H,7-8H2,1H3. The van der Waals surface area contributed by atoms with Crippen LogP contribution in [-0.2, 0) is 0 Å². The second-order valence-corrected chi connectivity index (χ2v) is 5.99. The number of aliphatic hydroxyl groups excluding tert-OH is 2. The van der Waals surface area contributed by atoms with Gasteiger partial charge in [-0.1, -0.05) is 12.1 Å². The molecule has 8 nitrogen and oxygen atoms in total. The van der Waals surface area contributed by atoms with E-state index in [2.05, 4.69) is 0 Å². The molecule has 2 aromatic carbocycles. The molecule has 1 aliphatic rings. The molecule has 0 aromatic heterocycles. The highest BCUT2D eigenvalue weighted by Gasteiger charge is 2.44. The van der Waals surface area contributed by atoms with Gasteiger partial charge in [-0.15, -0.1) is 0 Å². The quantitative estimate of drug-likeness (QED) is 0.445. The van der Waals surface area contributed by atoms with Gasteiger partial charge in [-0.3, -0.25) is 14.5 Å². The Morgan fingerprint density at radius 1 is 1.12 bits per heavy atom. The summed E-state index contributed by atoms with van der Waals surface area (Å²) in [7, 11) is 0. The average molecular weight is 332 g/mol. The predicted molar refractivity (Wildman–Crippen MR) is 82.8 cm³/mol. The largest absolute Gasteiger partial charge is 0.595 e. The summed E-state index contributed by atoms with van der Waals surface area (Å²) in [5.41, 5.74) is -1.28. The summed E-state index contributed by atoms with van der Waals surface area (Å²) in [6.07, 6.45) is 0. The van der Waals surface area contributed by atoms with Gasteiger partial charge in [-0.25, -0.2) is 5.21 Å². The van der Waals surface area contributed by atoms with E-state index in [4.69, 9.17) is 0 Å². The monoisotopic (exact) mass is 332 g/mol. The minimum Gasteiger partial charge on any atom is -0.595 e. The van der Waals surface area contributed by atoms with Gasteiger partial charge < -0.3 is 15.4 Å². The van der Waals surface area contributed by atoms with Gasteiger partial charge in [0.25, 0.3) is 11.8 Å². The molecule has 126 valence electrons. The Balaban J connectivity index is 2.32. The van der Waals surface area contributed by atoms with Gasteiger partial charge in [0.2, 0.25) is 0 Å². The van der Waals surface area contributed by atoms with Gasteiger partial charge in [0, 0.05) is 23.1 Å². The molecule has 2 amide bonds. The molecule has 2 aromatic rings. The third-order valence-corrected chi connectivity index (χ3v) is 4.31. The number of amides is 2. The van der Waals surface area contributed by atoms with Crippen molar-refractivity contribution in [3.05, 3.63) is 46.7 Å². The average Bonchev–Trinajstić information content (AvgIpc) is 2.58. The molecule has 0 spiro atoms. The molecule has 0 bridgehead atoms. The fourth-order valence-corrected chi connectivity index (χ4v) is 2.91. The minimum absolute atomic E-state index is 0.0632. The lowest BCUT2D eigenvalue weighted by Crippen LogP contribution is -2.99. The van der Waals surface area contributed by atoms with E-state index >= 15 is 0 Å².